The first-order valence-corrected chi connectivity index (χ1v) is 9.46. The van der Waals surface area contributed by atoms with Crippen LogP contribution in [0.3, 0.4) is 0 Å². The zero-order chi connectivity index (χ0) is 18.5. The summed E-state index contributed by atoms with van der Waals surface area (Å²) < 4.78 is 5.47. The molecule has 1 aliphatic heterocycles. The fourth-order valence-corrected chi connectivity index (χ4v) is 3.60. The molecule has 0 bridgehead atoms. The molecular weight excluding hydrogens is 369 g/mol. The van der Waals surface area contributed by atoms with E-state index < -0.39 is 0 Å². The van der Waals surface area contributed by atoms with Crippen LogP contribution in [0.5, 0.6) is 5.75 Å². The fraction of sp³-hybridized carbons (Fsp3) is 0.286. The van der Waals surface area contributed by atoms with Crippen LogP contribution < -0.4 is 4.74 Å². The number of para-hydroxylation sites is 1. The summed E-state index contributed by atoms with van der Waals surface area (Å²) in [5, 5.41) is 0.883. The molecule has 2 aromatic carbocycles. The first-order valence-electron chi connectivity index (χ1n) is 8.70. The quantitative estimate of drug-likeness (QED) is 0.628. The number of ether oxygens (including phenoxy) is 1. The van der Waals surface area contributed by atoms with Gasteiger partial charge in [0.2, 0.25) is 5.91 Å². The van der Waals surface area contributed by atoms with E-state index >= 15 is 0 Å². The fourth-order valence-electron chi connectivity index (χ4n) is 3.21. The molecule has 3 nitrogen and oxygen atoms in total. The van der Waals surface area contributed by atoms with Gasteiger partial charge in [-0.1, -0.05) is 47.5 Å². The number of benzene rings is 2. The van der Waals surface area contributed by atoms with Gasteiger partial charge >= 0.3 is 0 Å². The minimum atomic E-state index is 0.00622. The van der Waals surface area contributed by atoms with Crippen LogP contribution in [0.2, 0.25) is 10.0 Å². The summed E-state index contributed by atoms with van der Waals surface area (Å²) in [6, 6.07) is 11.4. The Balaban J connectivity index is 1.99. The molecule has 0 aromatic heterocycles. The van der Waals surface area contributed by atoms with Crippen molar-refractivity contribution < 1.29 is 9.53 Å². The molecule has 1 fully saturated rings. The van der Waals surface area contributed by atoms with E-state index in [1.165, 1.54) is 6.42 Å². The standard InChI is InChI=1S/C21H21Cl2NO2/c1-26-19-8-4-3-7-16(19)15-9-11-18(22)21(23)17(15)10-12-20(25)24-13-5-2-6-14-24/h3-4,7-12H,2,5-6,13-14H2,1H3/b12-10+. The molecule has 0 unspecified atom stereocenters. The van der Waals surface area contributed by atoms with E-state index in [-0.39, 0.29) is 5.91 Å². The molecule has 0 aliphatic carbocycles. The van der Waals surface area contributed by atoms with Crippen LogP contribution in [0.4, 0.5) is 0 Å². The van der Waals surface area contributed by atoms with Crippen LogP contribution in [0.15, 0.2) is 42.5 Å². The largest absolute Gasteiger partial charge is 0.496 e. The Morgan fingerprint density at radius 2 is 1.77 bits per heavy atom. The van der Waals surface area contributed by atoms with Gasteiger partial charge in [0, 0.05) is 30.3 Å². The number of halogens is 2. The Hall–Kier alpha value is -1.97. The summed E-state index contributed by atoms with van der Waals surface area (Å²) in [5.74, 6) is 0.745. The van der Waals surface area contributed by atoms with E-state index in [0.29, 0.717) is 15.6 Å². The maximum absolute atomic E-state index is 12.5. The summed E-state index contributed by atoms with van der Waals surface area (Å²) in [5.41, 5.74) is 2.49. The van der Waals surface area contributed by atoms with Gasteiger partial charge in [-0.25, -0.2) is 0 Å². The van der Waals surface area contributed by atoms with E-state index in [4.69, 9.17) is 27.9 Å². The minimum absolute atomic E-state index is 0.00622. The molecule has 26 heavy (non-hydrogen) atoms. The highest BCUT2D eigenvalue weighted by Gasteiger charge is 2.16. The number of methoxy groups -OCH3 is 1. The predicted molar refractivity (Wildman–Crippen MR) is 108 cm³/mol. The van der Waals surface area contributed by atoms with Crippen molar-refractivity contribution in [2.24, 2.45) is 0 Å². The number of amides is 1. The summed E-state index contributed by atoms with van der Waals surface area (Å²) in [6.07, 6.45) is 6.65. The summed E-state index contributed by atoms with van der Waals surface area (Å²) >= 11 is 12.7. The van der Waals surface area contributed by atoms with Crippen LogP contribution in [0, 0.1) is 0 Å². The van der Waals surface area contributed by atoms with Crippen molar-refractivity contribution in [3.8, 4) is 16.9 Å². The lowest BCUT2D eigenvalue weighted by atomic mass is 9.98. The number of hydrogen-bond donors (Lipinski definition) is 0. The van der Waals surface area contributed by atoms with Gasteiger partial charge in [0.25, 0.3) is 0 Å². The van der Waals surface area contributed by atoms with Crippen molar-refractivity contribution in [2.45, 2.75) is 19.3 Å². The number of hydrogen-bond acceptors (Lipinski definition) is 2. The average molecular weight is 390 g/mol. The van der Waals surface area contributed by atoms with Gasteiger partial charge in [-0.15, -0.1) is 0 Å². The van der Waals surface area contributed by atoms with E-state index in [1.54, 1.807) is 25.3 Å². The molecule has 3 rings (SSSR count). The molecule has 136 valence electrons. The van der Waals surface area contributed by atoms with Crippen molar-refractivity contribution in [2.75, 3.05) is 20.2 Å². The Morgan fingerprint density at radius 3 is 2.50 bits per heavy atom. The molecule has 5 heteroatoms. The SMILES string of the molecule is COc1ccccc1-c1ccc(Cl)c(Cl)c1/C=C/C(=O)N1CCCCC1. The number of rotatable bonds is 4. The summed E-state index contributed by atoms with van der Waals surface area (Å²) in [7, 11) is 1.63. The molecule has 0 radical (unpaired) electrons. The zero-order valence-corrected chi connectivity index (χ0v) is 16.2. The van der Waals surface area contributed by atoms with E-state index in [9.17, 15) is 4.79 Å². The van der Waals surface area contributed by atoms with Crippen molar-refractivity contribution in [1.82, 2.24) is 4.90 Å². The van der Waals surface area contributed by atoms with Gasteiger partial charge in [-0.3, -0.25) is 4.79 Å². The third-order valence-electron chi connectivity index (χ3n) is 4.59. The van der Waals surface area contributed by atoms with Crippen molar-refractivity contribution in [1.29, 1.82) is 0 Å². The third-order valence-corrected chi connectivity index (χ3v) is 5.41. The lowest BCUT2D eigenvalue weighted by molar-refractivity contribution is -0.126. The van der Waals surface area contributed by atoms with Crippen molar-refractivity contribution in [3.63, 3.8) is 0 Å². The van der Waals surface area contributed by atoms with Gasteiger partial charge in [-0.05, 0) is 43.0 Å². The highest BCUT2D eigenvalue weighted by Crippen LogP contribution is 2.38. The second-order valence-corrected chi connectivity index (χ2v) is 7.03. The smallest absolute Gasteiger partial charge is 0.246 e. The summed E-state index contributed by atoms with van der Waals surface area (Å²) in [4.78, 5) is 14.4. The maximum Gasteiger partial charge on any atom is 0.246 e. The molecule has 1 amide bonds. The van der Waals surface area contributed by atoms with Crippen LogP contribution in [0.1, 0.15) is 24.8 Å². The Morgan fingerprint density at radius 1 is 1.04 bits per heavy atom. The number of carbonyl (C=O) groups is 1. The molecule has 2 aromatic rings. The van der Waals surface area contributed by atoms with Crippen LogP contribution >= 0.6 is 23.2 Å². The van der Waals surface area contributed by atoms with Gasteiger partial charge in [-0.2, -0.15) is 0 Å². The highest BCUT2D eigenvalue weighted by molar-refractivity contribution is 6.43. The normalized spacial score (nSPS) is 14.7. The molecule has 0 saturated carbocycles. The molecule has 1 heterocycles. The Bertz CT molecular complexity index is 827. The average Bonchev–Trinajstić information content (AvgIpc) is 2.69. The lowest BCUT2D eigenvalue weighted by Gasteiger charge is -2.25. The zero-order valence-electron chi connectivity index (χ0n) is 14.7. The highest BCUT2D eigenvalue weighted by atomic mass is 35.5. The number of carbonyl (C=O) groups excluding carboxylic acids is 1. The molecule has 1 saturated heterocycles. The first kappa shape index (κ1) is 18.8. The monoisotopic (exact) mass is 389 g/mol. The second kappa shape index (κ2) is 8.61. The van der Waals surface area contributed by atoms with E-state index in [0.717, 1.165) is 42.8 Å². The topological polar surface area (TPSA) is 29.5 Å². The Kier molecular flexibility index (Phi) is 6.23. The van der Waals surface area contributed by atoms with Gasteiger partial charge in [0.05, 0.1) is 17.2 Å². The van der Waals surface area contributed by atoms with Crippen molar-refractivity contribution in [3.05, 3.63) is 58.1 Å². The summed E-state index contributed by atoms with van der Waals surface area (Å²) in [6.45, 7) is 1.62. The molecular formula is C21H21Cl2NO2. The third kappa shape index (κ3) is 4.05. The van der Waals surface area contributed by atoms with Crippen molar-refractivity contribution >= 4 is 35.2 Å². The number of piperidine rings is 1. The van der Waals surface area contributed by atoms with Gasteiger partial charge < -0.3 is 9.64 Å². The number of likely N-dealkylation sites (tertiary alicyclic amines) is 1. The van der Waals surface area contributed by atoms with Crippen LogP contribution in [-0.4, -0.2) is 31.0 Å². The van der Waals surface area contributed by atoms with Gasteiger partial charge in [0.15, 0.2) is 0 Å². The lowest BCUT2D eigenvalue weighted by Crippen LogP contribution is -2.34. The van der Waals surface area contributed by atoms with E-state index in [2.05, 4.69) is 0 Å². The first-order chi connectivity index (χ1) is 12.6. The molecule has 1 aliphatic rings. The predicted octanol–water partition coefficient (Wildman–Crippen LogP) is 5.69. The van der Waals surface area contributed by atoms with E-state index in [1.807, 2.05) is 35.2 Å². The minimum Gasteiger partial charge on any atom is -0.496 e. The number of nitrogens with zero attached hydrogens (tertiary/aromatic N) is 1. The second-order valence-electron chi connectivity index (χ2n) is 6.24. The Labute approximate surface area is 164 Å². The van der Waals surface area contributed by atoms with Crippen LogP contribution in [-0.2, 0) is 4.79 Å². The molecule has 0 spiro atoms. The van der Waals surface area contributed by atoms with Crippen LogP contribution in [0.25, 0.3) is 17.2 Å². The molecule has 0 N–H and O–H groups in total. The van der Waals surface area contributed by atoms with Gasteiger partial charge in [0.1, 0.15) is 5.75 Å². The molecule has 0 atom stereocenters. The maximum atomic E-state index is 12.5.